The Hall–Kier alpha value is -1.68. The van der Waals surface area contributed by atoms with E-state index in [0.29, 0.717) is 0 Å². The van der Waals surface area contributed by atoms with E-state index in [4.69, 9.17) is 10.8 Å². The average Bonchev–Trinajstić information content (AvgIpc) is 2.61. The fraction of sp³-hybridized carbons (Fsp3) is 0.167. The Morgan fingerprint density at radius 2 is 2.23 bits per heavy atom. The summed E-state index contributed by atoms with van der Waals surface area (Å²) in [5.41, 5.74) is 2.20. The van der Waals surface area contributed by atoms with Crippen molar-refractivity contribution in [1.82, 2.24) is 0 Å². The molecule has 0 aliphatic heterocycles. The van der Waals surface area contributed by atoms with Crippen molar-refractivity contribution >= 4 is 11.0 Å². The molecule has 2 aromatic rings. The standard InChI is InChI=1S/C12H10O/c1-2-3-4-10-5-6-12-11(9-10)7-8-13-12/h1,5-9H,3-4H2. The van der Waals surface area contributed by atoms with E-state index >= 15 is 0 Å². The van der Waals surface area contributed by atoms with Crippen molar-refractivity contribution in [1.29, 1.82) is 0 Å². The first kappa shape index (κ1) is 7.94. The summed E-state index contributed by atoms with van der Waals surface area (Å²) >= 11 is 0. The van der Waals surface area contributed by atoms with Crippen molar-refractivity contribution in [3.8, 4) is 12.3 Å². The highest BCUT2D eigenvalue weighted by atomic mass is 16.3. The molecule has 2 rings (SSSR count). The molecular weight excluding hydrogens is 160 g/mol. The summed E-state index contributed by atoms with van der Waals surface area (Å²) in [7, 11) is 0. The summed E-state index contributed by atoms with van der Waals surface area (Å²) in [5.74, 6) is 2.63. The molecule has 0 amide bonds. The lowest BCUT2D eigenvalue weighted by Crippen LogP contribution is -1.81. The zero-order chi connectivity index (χ0) is 9.10. The molecule has 1 aromatic carbocycles. The third kappa shape index (κ3) is 1.57. The van der Waals surface area contributed by atoms with Gasteiger partial charge in [0.2, 0.25) is 0 Å². The molecule has 13 heavy (non-hydrogen) atoms. The average molecular weight is 170 g/mol. The van der Waals surface area contributed by atoms with E-state index in [1.807, 2.05) is 12.1 Å². The highest BCUT2D eigenvalue weighted by Gasteiger charge is 1.97. The molecule has 64 valence electrons. The van der Waals surface area contributed by atoms with Gasteiger partial charge in [-0.3, -0.25) is 0 Å². The van der Waals surface area contributed by atoms with Crippen LogP contribution in [0, 0.1) is 12.3 Å². The van der Waals surface area contributed by atoms with Gasteiger partial charge in [-0.05, 0) is 30.2 Å². The second-order valence-electron chi connectivity index (χ2n) is 3.00. The lowest BCUT2D eigenvalue weighted by Gasteiger charge is -1.96. The number of hydrogen-bond acceptors (Lipinski definition) is 1. The number of fused-ring (bicyclic) bond motifs is 1. The lowest BCUT2D eigenvalue weighted by atomic mass is 10.1. The Morgan fingerprint density at radius 1 is 1.31 bits per heavy atom. The Kier molecular flexibility index (Phi) is 2.06. The molecule has 0 atom stereocenters. The molecule has 0 spiro atoms. The fourth-order valence-electron chi connectivity index (χ4n) is 1.39. The first-order chi connectivity index (χ1) is 6.40. The predicted molar refractivity (Wildman–Crippen MR) is 53.4 cm³/mol. The van der Waals surface area contributed by atoms with Crippen molar-refractivity contribution in [3.63, 3.8) is 0 Å². The van der Waals surface area contributed by atoms with Crippen molar-refractivity contribution in [2.45, 2.75) is 12.8 Å². The molecule has 0 saturated carbocycles. The van der Waals surface area contributed by atoms with Crippen LogP contribution >= 0.6 is 0 Å². The molecule has 1 heteroatoms. The first-order valence-electron chi connectivity index (χ1n) is 4.30. The summed E-state index contributed by atoms with van der Waals surface area (Å²) in [6, 6.07) is 8.13. The number of furan rings is 1. The third-order valence-corrected chi connectivity index (χ3v) is 2.07. The van der Waals surface area contributed by atoms with Crippen LogP contribution in [0.25, 0.3) is 11.0 Å². The van der Waals surface area contributed by atoms with E-state index in [-0.39, 0.29) is 0 Å². The van der Waals surface area contributed by atoms with Gasteiger partial charge in [0, 0.05) is 11.8 Å². The minimum Gasteiger partial charge on any atom is -0.464 e. The maximum absolute atomic E-state index is 5.24. The van der Waals surface area contributed by atoms with Crippen LogP contribution in [-0.4, -0.2) is 0 Å². The van der Waals surface area contributed by atoms with Gasteiger partial charge in [0.05, 0.1) is 6.26 Å². The minimum absolute atomic E-state index is 0.795. The summed E-state index contributed by atoms with van der Waals surface area (Å²) in [6.07, 6.45) is 8.64. The van der Waals surface area contributed by atoms with E-state index in [2.05, 4.69) is 18.1 Å². The maximum atomic E-state index is 5.24. The zero-order valence-corrected chi connectivity index (χ0v) is 7.29. The molecule has 0 radical (unpaired) electrons. The SMILES string of the molecule is C#CCCc1ccc2occc2c1. The monoisotopic (exact) mass is 170 g/mol. The lowest BCUT2D eigenvalue weighted by molar-refractivity contribution is 0.616. The van der Waals surface area contributed by atoms with Crippen molar-refractivity contribution in [2.75, 3.05) is 0 Å². The quantitative estimate of drug-likeness (QED) is 0.631. The smallest absolute Gasteiger partial charge is 0.133 e. The molecule has 1 nitrogen and oxygen atoms in total. The summed E-state index contributed by atoms with van der Waals surface area (Å²) < 4.78 is 5.24. The molecule has 0 aliphatic rings. The first-order valence-corrected chi connectivity index (χ1v) is 4.30. The number of benzene rings is 1. The van der Waals surface area contributed by atoms with Gasteiger partial charge in [-0.25, -0.2) is 0 Å². The number of terminal acetylenes is 1. The molecule has 0 bridgehead atoms. The van der Waals surface area contributed by atoms with Crippen molar-refractivity contribution in [2.24, 2.45) is 0 Å². The van der Waals surface area contributed by atoms with Crippen LogP contribution in [0.4, 0.5) is 0 Å². The highest BCUT2D eigenvalue weighted by molar-refractivity contribution is 5.77. The summed E-state index contributed by atoms with van der Waals surface area (Å²) in [5, 5.41) is 1.15. The van der Waals surface area contributed by atoms with Gasteiger partial charge in [0.25, 0.3) is 0 Å². The second-order valence-corrected chi connectivity index (χ2v) is 3.00. The normalized spacial score (nSPS) is 10.1. The molecule has 0 N–H and O–H groups in total. The van der Waals surface area contributed by atoms with E-state index in [0.717, 1.165) is 23.8 Å². The highest BCUT2D eigenvalue weighted by Crippen LogP contribution is 2.17. The molecule has 1 aromatic heterocycles. The van der Waals surface area contributed by atoms with Gasteiger partial charge >= 0.3 is 0 Å². The Bertz CT molecular complexity index is 445. The van der Waals surface area contributed by atoms with E-state index < -0.39 is 0 Å². The second kappa shape index (κ2) is 3.37. The minimum atomic E-state index is 0.795. The Balaban J connectivity index is 2.33. The van der Waals surface area contributed by atoms with Crippen molar-refractivity contribution in [3.05, 3.63) is 36.1 Å². The van der Waals surface area contributed by atoms with Gasteiger partial charge in [-0.1, -0.05) is 6.07 Å². The van der Waals surface area contributed by atoms with Gasteiger partial charge in [0.15, 0.2) is 0 Å². The summed E-state index contributed by atoms with van der Waals surface area (Å²) in [4.78, 5) is 0. The van der Waals surface area contributed by atoms with Crippen molar-refractivity contribution < 1.29 is 4.42 Å². The molecular formula is C12H10O. The number of hydrogen-bond donors (Lipinski definition) is 0. The summed E-state index contributed by atoms with van der Waals surface area (Å²) in [6.45, 7) is 0. The van der Waals surface area contributed by atoms with Crippen LogP contribution in [-0.2, 0) is 6.42 Å². The van der Waals surface area contributed by atoms with Crippen LogP contribution in [0.2, 0.25) is 0 Å². The zero-order valence-electron chi connectivity index (χ0n) is 7.29. The number of rotatable bonds is 2. The van der Waals surface area contributed by atoms with Crippen LogP contribution in [0.15, 0.2) is 34.9 Å². The van der Waals surface area contributed by atoms with E-state index in [1.165, 1.54) is 5.56 Å². The fourth-order valence-corrected chi connectivity index (χ4v) is 1.39. The van der Waals surface area contributed by atoms with Crippen LogP contribution in [0.1, 0.15) is 12.0 Å². The van der Waals surface area contributed by atoms with E-state index in [1.54, 1.807) is 6.26 Å². The van der Waals surface area contributed by atoms with Gasteiger partial charge in [-0.2, -0.15) is 0 Å². The molecule has 0 unspecified atom stereocenters. The predicted octanol–water partition coefficient (Wildman–Crippen LogP) is 3.00. The van der Waals surface area contributed by atoms with Crippen LogP contribution in [0.5, 0.6) is 0 Å². The van der Waals surface area contributed by atoms with E-state index in [9.17, 15) is 0 Å². The molecule has 0 fully saturated rings. The maximum Gasteiger partial charge on any atom is 0.133 e. The topological polar surface area (TPSA) is 13.1 Å². The molecule has 0 saturated heterocycles. The Morgan fingerprint density at radius 3 is 3.08 bits per heavy atom. The van der Waals surface area contributed by atoms with Gasteiger partial charge in [0.1, 0.15) is 5.58 Å². The largest absolute Gasteiger partial charge is 0.464 e. The Labute approximate surface area is 77.4 Å². The van der Waals surface area contributed by atoms with Crippen LogP contribution in [0.3, 0.4) is 0 Å². The van der Waals surface area contributed by atoms with Gasteiger partial charge < -0.3 is 4.42 Å². The third-order valence-electron chi connectivity index (χ3n) is 2.07. The van der Waals surface area contributed by atoms with Crippen LogP contribution < -0.4 is 0 Å². The molecule has 0 aliphatic carbocycles. The number of aryl methyl sites for hydroxylation is 1. The van der Waals surface area contributed by atoms with Gasteiger partial charge in [-0.15, -0.1) is 12.3 Å². The molecule has 1 heterocycles.